The van der Waals surface area contributed by atoms with E-state index in [2.05, 4.69) is 9.71 Å². The average Bonchev–Trinajstić information content (AvgIpc) is 2.76. The van der Waals surface area contributed by atoms with Crippen molar-refractivity contribution in [1.82, 2.24) is 9.71 Å². The van der Waals surface area contributed by atoms with Crippen LogP contribution in [0.4, 0.5) is 0 Å². The molecule has 21 heavy (non-hydrogen) atoms. The second kappa shape index (κ2) is 6.31. The summed E-state index contributed by atoms with van der Waals surface area (Å²) in [6.45, 7) is 4.01. The molecule has 0 aliphatic heterocycles. The molecule has 0 amide bonds. The van der Waals surface area contributed by atoms with E-state index in [1.165, 1.54) is 36.6 Å². The summed E-state index contributed by atoms with van der Waals surface area (Å²) in [5.74, 6) is 0.432. The molecule has 1 heterocycles. The van der Waals surface area contributed by atoms with E-state index in [1.807, 2.05) is 13.8 Å². The number of aryl methyl sites for hydroxylation is 2. The molecule has 0 aliphatic rings. The predicted molar refractivity (Wildman–Crippen MR) is 83.6 cm³/mol. The highest BCUT2D eigenvalue weighted by atomic mass is 35.5. The van der Waals surface area contributed by atoms with Crippen molar-refractivity contribution < 1.29 is 13.2 Å². The SMILES string of the molecule is COc1ccc(S(=O)(=O)NCc2nc(C)c(C)s2)cc1Cl. The average molecular weight is 347 g/mol. The number of sulfonamides is 1. The summed E-state index contributed by atoms with van der Waals surface area (Å²) in [6.07, 6.45) is 0. The van der Waals surface area contributed by atoms with E-state index in [0.29, 0.717) is 5.75 Å². The third kappa shape index (κ3) is 3.74. The molecular weight excluding hydrogens is 332 g/mol. The molecule has 8 heteroatoms. The molecule has 5 nitrogen and oxygen atoms in total. The van der Waals surface area contributed by atoms with E-state index in [1.54, 1.807) is 0 Å². The van der Waals surface area contributed by atoms with Crippen LogP contribution < -0.4 is 9.46 Å². The number of rotatable bonds is 5. The van der Waals surface area contributed by atoms with Crippen LogP contribution in [0.3, 0.4) is 0 Å². The highest BCUT2D eigenvalue weighted by molar-refractivity contribution is 7.89. The zero-order valence-electron chi connectivity index (χ0n) is 11.8. The van der Waals surface area contributed by atoms with Crippen LogP contribution in [0.5, 0.6) is 5.75 Å². The first-order valence-corrected chi connectivity index (χ1v) is 8.77. The van der Waals surface area contributed by atoms with Gasteiger partial charge in [-0.2, -0.15) is 0 Å². The van der Waals surface area contributed by atoms with Gasteiger partial charge in [0.1, 0.15) is 10.8 Å². The van der Waals surface area contributed by atoms with Crippen molar-refractivity contribution in [3.05, 3.63) is 38.8 Å². The van der Waals surface area contributed by atoms with Gasteiger partial charge >= 0.3 is 0 Å². The van der Waals surface area contributed by atoms with E-state index >= 15 is 0 Å². The van der Waals surface area contributed by atoms with Crippen molar-refractivity contribution in [2.24, 2.45) is 0 Å². The Balaban J connectivity index is 2.16. The standard InChI is InChI=1S/C13H15ClN2O3S2/c1-8-9(2)20-13(16-8)7-15-21(17,18)10-4-5-12(19-3)11(14)6-10/h4-6,15H,7H2,1-3H3. The molecule has 0 spiro atoms. The molecule has 2 aromatic rings. The molecule has 1 aromatic carbocycles. The second-order valence-electron chi connectivity index (χ2n) is 4.37. The normalized spacial score (nSPS) is 11.6. The van der Waals surface area contributed by atoms with Crippen LogP contribution in [-0.2, 0) is 16.6 Å². The van der Waals surface area contributed by atoms with E-state index in [4.69, 9.17) is 16.3 Å². The molecule has 0 radical (unpaired) electrons. The molecule has 0 unspecified atom stereocenters. The number of thiazole rings is 1. The Bertz CT molecular complexity index is 737. The first-order chi connectivity index (χ1) is 9.83. The van der Waals surface area contributed by atoms with Crippen molar-refractivity contribution in [1.29, 1.82) is 0 Å². The Morgan fingerprint density at radius 3 is 2.62 bits per heavy atom. The summed E-state index contributed by atoms with van der Waals surface area (Å²) < 4.78 is 32.0. The predicted octanol–water partition coefficient (Wildman–Crippen LogP) is 2.90. The number of nitrogens with zero attached hydrogens (tertiary/aromatic N) is 1. The number of methoxy groups -OCH3 is 1. The monoisotopic (exact) mass is 346 g/mol. The highest BCUT2D eigenvalue weighted by Crippen LogP contribution is 2.27. The lowest BCUT2D eigenvalue weighted by Gasteiger charge is -2.08. The van der Waals surface area contributed by atoms with E-state index in [0.717, 1.165) is 15.6 Å². The highest BCUT2D eigenvalue weighted by Gasteiger charge is 2.16. The maximum absolute atomic E-state index is 12.2. The third-order valence-electron chi connectivity index (χ3n) is 2.92. The molecule has 1 aromatic heterocycles. The molecule has 0 saturated heterocycles. The number of benzene rings is 1. The topological polar surface area (TPSA) is 68.3 Å². The fourth-order valence-corrected chi connectivity index (χ4v) is 3.97. The van der Waals surface area contributed by atoms with Crippen molar-refractivity contribution in [2.45, 2.75) is 25.3 Å². The molecule has 114 valence electrons. The van der Waals surface area contributed by atoms with Gasteiger partial charge in [-0.15, -0.1) is 11.3 Å². The van der Waals surface area contributed by atoms with Gasteiger partial charge in [0.2, 0.25) is 10.0 Å². The number of nitrogens with one attached hydrogen (secondary N) is 1. The number of ether oxygens (including phenoxy) is 1. The van der Waals surface area contributed by atoms with Gasteiger partial charge < -0.3 is 4.74 Å². The van der Waals surface area contributed by atoms with Crippen molar-refractivity contribution >= 4 is 33.0 Å². The van der Waals surface area contributed by atoms with Gasteiger partial charge in [-0.1, -0.05) is 11.6 Å². The van der Waals surface area contributed by atoms with Crippen LogP contribution in [0.25, 0.3) is 0 Å². The molecule has 0 saturated carbocycles. The molecular formula is C13H15ClN2O3S2. The molecule has 0 bridgehead atoms. The maximum Gasteiger partial charge on any atom is 0.241 e. The quantitative estimate of drug-likeness (QED) is 0.903. The van der Waals surface area contributed by atoms with Crippen LogP contribution in [0.15, 0.2) is 23.1 Å². The van der Waals surface area contributed by atoms with Crippen LogP contribution in [0.1, 0.15) is 15.6 Å². The minimum atomic E-state index is -3.63. The Hall–Kier alpha value is -1.15. The zero-order chi connectivity index (χ0) is 15.6. The first kappa shape index (κ1) is 16.2. The Morgan fingerprint density at radius 2 is 2.10 bits per heavy atom. The lowest BCUT2D eigenvalue weighted by molar-refractivity contribution is 0.414. The lowest BCUT2D eigenvalue weighted by atomic mass is 10.3. The van der Waals surface area contributed by atoms with Gasteiger partial charge in [0.15, 0.2) is 0 Å². The maximum atomic E-state index is 12.2. The minimum Gasteiger partial charge on any atom is -0.495 e. The molecule has 0 atom stereocenters. The van der Waals surface area contributed by atoms with Crippen LogP contribution in [0, 0.1) is 13.8 Å². The summed E-state index contributed by atoms with van der Waals surface area (Å²) in [5, 5.41) is 0.981. The van der Waals surface area contributed by atoms with Crippen LogP contribution >= 0.6 is 22.9 Å². The number of hydrogen-bond donors (Lipinski definition) is 1. The van der Waals surface area contributed by atoms with Gasteiger partial charge in [0.05, 0.1) is 29.3 Å². The zero-order valence-corrected chi connectivity index (χ0v) is 14.2. The van der Waals surface area contributed by atoms with E-state index in [9.17, 15) is 8.42 Å². The Labute approximate surface area is 133 Å². The number of halogens is 1. The van der Waals surface area contributed by atoms with Crippen molar-refractivity contribution in [3.8, 4) is 5.75 Å². The van der Waals surface area contributed by atoms with Gasteiger partial charge in [-0.3, -0.25) is 0 Å². The van der Waals surface area contributed by atoms with Crippen LogP contribution in [-0.4, -0.2) is 20.5 Å². The molecule has 1 N–H and O–H groups in total. The smallest absolute Gasteiger partial charge is 0.241 e. The number of aromatic nitrogens is 1. The molecule has 2 rings (SSSR count). The van der Waals surface area contributed by atoms with E-state index < -0.39 is 10.0 Å². The summed E-state index contributed by atoms with van der Waals surface area (Å²) >= 11 is 7.42. The summed E-state index contributed by atoms with van der Waals surface area (Å²) in [4.78, 5) is 5.47. The van der Waals surface area contributed by atoms with E-state index in [-0.39, 0.29) is 16.5 Å². The summed E-state index contributed by atoms with van der Waals surface area (Å²) in [7, 11) is -2.16. The summed E-state index contributed by atoms with van der Waals surface area (Å²) in [5.41, 5.74) is 0.918. The van der Waals surface area contributed by atoms with Crippen LogP contribution in [0.2, 0.25) is 5.02 Å². The van der Waals surface area contributed by atoms with Gasteiger partial charge in [0.25, 0.3) is 0 Å². The fraction of sp³-hybridized carbons (Fsp3) is 0.308. The van der Waals surface area contributed by atoms with Gasteiger partial charge in [0, 0.05) is 4.88 Å². The van der Waals surface area contributed by atoms with Crippen molar-refractivity contribution in [2.75, 3.05) is 7.11 Å². The molecule has 0 aliphatic carbocycles. The summed E-state index contributed by atoms with van der Waals surface area (Å²) in [6, 6.07) is 4.33. The first-order valence-electron chi connectivity index (χ1n) is 6.09. The molecule has 0 fully saturated rings. The van der Waals surface area contributed by atoms with Gasteiger partial charge in [-0.05, 0) is 32.0 Å². The Kier molecular flexibility index (Phi) is 4.88. The number of hydrogen-bond acceptors (Lipinski definition) is 5. The third-order valence-corrected chi connectivity index (χ3v) is 5.69. The van der Waals surface area contributed by atoms with Crippen molar-refractivity contribution in [3.63, 3.8) is 0 Å². The second-order valence-corrected chi connectivity index (χ2v) is 7.83. The Morgan fingerprint density at radius 1 is 1.38 bits per heavy atom. The largest absolute Gasteiger partial charge is 0.495 e. The minimum absolute atomic E-state index is 0.0956. The van der Waals surface area contributed by atoms with Gasteiger partial charge in [-0.25, -0.2) is 18.1 Å². The lowest BCUT2D eigenvalue weighted by Crippen LogP contribution is -2.23. The fourth-order valence-electron chi connectivity index (χ4n) is 1.67.